The summed E-state index contributed by atoms with van der Waals surface area (Å²) in [6.07, 6.45) is -1.94. The van der Waals surface area contributed by atoms with Crippen molar-refractivity contribution >= 4 is 29.4 Å². The van der Waals surface area contributed by atoms with Crippen LogP contribution in [0.4, 0.5) is 0 Å². The van der Waals surface area contributed by atoms with Gasteiger partial charge in [-0.2, -0.15) is 5.10 Å². The van der Waals surface area contributed by atoms with Gasteiger partial charge in [0, 0.05) is 11.1 Å². The summed E-state index contributed by atoms with van der Waals surface area (Å²) >= 11 is 6.02. The zero-order valence-corrected chi connectivity index (χ0v) is 13.4. The van der Waals surface area contributed by atoms with Gasteiger partial charge in [0.15, 0.2) is 11.8 Å². The molecule has 0 spiro atoms. The summed E-state index contributed by atoms with van der Waals surface area (Å²) in [6, 6.07) is 6.39. The van der Waals surface area contributed by atoms with Crippen molar-refractivity contribution in [3.05, 3.63) is 52.3 Å². The minimum absolute atomic E-state index is 0.0465. The van der Waals surface area contributed by atoms with Gasteiger partial charge in [-0.1, -0.05) is 29.8 Å². The number of aromatic amines is 1. The number of amides is 1. The molecule has 132 valence electrons. The average Bonchev–Trinajstić information content (AvgIpc) is 3.05. The van der Waals surface area contributed by atoms with E-state index in [0.717, 1.165) is 6.07 Å². The number of halogens is 1. The van der Waals surface area contributed by atoms with Gasteiger partial charge in [-0.25, -0.2) is 9.59 Å². The number of H-pyrrole nitrogens is 1. The van der Waals surface area contributed by atoms with E-state index in [4.69, 9.17) is 21.8 Å². The predicted molar refractivity (Wildman–Crippen MR) is 85.6 cm³/mol. The van der Waals surface area contributed by atoms with Crippen molar-refractivity contribution in [2.24, 2.45) is 0 Å². The highest BCUT2D eigenvalue weighted by Gasteiger charge is 2.29. The van der Waals surface area contributed by atoms with Crippen LogP contribution in [0.3, 0.4) is 0 Å². The molecule has 5 N–H and O–H groups in total. The molecule has 10 heteroatoms. The van der Waals surface area contributed by atoms with Crippen molar-refractivity contribution in [2.45, 2.75) is 18.6 Å². The molecule has 0 unspecified atom stereocenters. The first kappa shape index (κ1) is 18.4. The maximum atomic E-state index is 12.2. The number of benzene rings is 1. The van der Waals surface area contributed by atoms with Crippen LogP contribution < -0.4 is 5.32 Å². The van der Waals surface area contributed by atoms with Gasteiger partial charge in [0.05, 0.1) is 6.04 Å². The number of carbonyl (C=O) groups excluding carboxylic acids is 1. The Hall–Kier alpha value is -2.91. The second kappa shape index (κ2) is 7.77. The molecule has 1 heterocycles. The summed E-state index contributed by atoms with van der Waals surface area (Å²) in [6.45, 7) is 0. The van der Waals surface area contributed by atoms with Crippen LogP contribution in [0.25, 0.3) is 0 Å². The number of aliphatic carboxylic acids is 1. The maximum Gasteiger partial charge on any atom is 0.353 e. The van der Waals surface area contributed by atoms with E-state index in [9.17, 15) is 19.5 Å². The topological polar surface area (TPSA) is 153 Å². The highest BCUT2D eigenvalue weighted by molar-refractivity contribution is 6.31. The minimum atomic E-state index is -1.89. The lowest BCUT2D eigenvalue weighted by Crippen LogP contribution is -2.48. The lowest BCUT2D eigenvalue weighted by Gasteiger charge is -2.21. The summed E-state index contributed by atoms with van der Waals surface area (Å²) < 4.78 is 0. The van der Waals surface area contributed by atoms with E-state index in [-0.39, 0.29) is 17.8 Å². The van der Waals surface area contributed by atoms with Crippen LogP contribution in [-0.4, -0.2) is 55.5 Å². The number of aromatic carboxylic acids is 1. The molecule has 1 amide bonds. The Morgan fingerprint density at radius 3 is 2.48 bits per heavy atom. The molecule has 0 aliphatic carbocycles. The smallest absolute Gasteiger partial charge is 0.353 e. The van der Waals surface area contributed by atoms with Gasteiger partial charge in [0.1, 0.15) is 5.69 Å². The fraction of sp³-hybridized carbons (Fsp3) is 0.200. The molecule has 0 bridgehead atoms. The highest BCUT2D eigenvalue weighted by atomic mass is 35.5. The lowest BCUT2D eigenvalue weighted by atomic mass is 10.0. The van der Waals surface area contributed by atoms with Gasteiger partial charge < -0.3 is 20.6 Å². The van der Waals surface area contributed by atoms with Crippen LogP contribution in [0, 0.1) is 0 Å². The monoisotopic (exact) mass is 367 g/mol. The Kier molecular flexibility index (Phi) is 5.73. The zero-order valence-electron chi connectivity index (χ0n) is 12.6. The van der Waals surface area contributed by atoms with E-state index in [0.29, 0.717) is 10.6 Å². The standard InChI is InChI=1S/C15H14ClN3O6/c16-8-4-2-1-3-7(8)5-9(12(20)15(24)25)17-13(21)10-6-11(14(22)23)19-18-10/h1-4,6,9,12,20H,5H2,(H,17,21)(H,18,19)(H,22,23)(H,24,25)/t9-,12-/m1/s1. The molecule has 0 aliphatic heterocycles. The zero-order chi connectivity index (χ0) is 18.6. The van der Waals surface area contributed by atoms with Gasteiger partial charge in [-0.15, -0.1) is 0 Å². The number of hydrogen-bond donors (Lipinski definition) is 5. The molecule has 1 aromatic carbocycles. The number of aliphatic hydroxyl groups is 1. The normalized spacial score (nSPS) is 13.0. The summed E-state index contributed by atoms with van der Waals surface area (Å²) in [5, 5.41) is 36.1. The average molecular weight is 368 g/mol. The number of aliphatic hydroxyl groups excluding tert-OH is 1. The number of aromatic nitrogens is 2. The first-order valence-corrected chi connectivity index (χ1v) is 7.41. The predicted octanol–water partition coefficient (Wildman–Crippen LogP) is 0.548. The largest absolute Gasteiger partial charge is 0.479 e. The third-order valence-corrected chi connectivity index (χ3v) is 3.76. The molecule has 0 aliphatic rings. The Morgan fingerprint density at radius 1 is 1.24 bits per heavy atom. The van der Waals surface area contributed by atoms with Crippen molar-refractivity contribution in [1.82, 2.24) is 15.5 Å². The maximum absolute atomic E-state index is 12.2. The highest BCUT2D eigenvalue weighted by Crippen LogP contribution is 2.18. The van der Waals surface area contributed by atoms with E-state index in [1.807, 2.05) is 0 Å². The van der Waals surface area contributed by atoms with Crippen molar-refractivity contribution < 1.29 is 29.7 Å². The molecule has 0 radical (unpaired) electrons. The van der Waals surface area contributed by atoms with Gasteiger partial charge in [0.25, 0.3) is 5.91 Å². The van der Waals surface area contributed by atoms with E-state index < -0.39 is 30.0 Å². The number of carboxylic acid groups (broad SMARTS) is 2. The first-order chi connectivity index (χ1) is 11.8. The number of carboxylic acids is 2. The van der Waals surface area contributed by atoms with Crippen LogP contribution in [0.5, 0.6) is 0 Å². The molecule has 9 nitrogen and oxygen atoms in total. The molecule has 25 heavy (non-hydrogen) atoms. The molecule has 0 saturated carbocycles. The van der Waals surface area contributed by atoms with Crippen LogP contribution in [0.1, 0.15) is 26.5 Å². The van der Waals surface area contributed by atoms with Crippen LogP contribution in [-0.2, 0) is 11.2 Å². The second-order valence-corrected chi connectivity index (χ2v) is 5.54. The molecule has 2 rings (SSSR count). The van der Waals surface area contributed by atoms with Crippen molar-refractivity contribution in [2.75, 3.05) is 0 Å². The molecular weight excluding hydrogens is 354 g/mol. The molecule has 0 saturated heterocycles. The summed E-state index contributed by atoms with van der Waals surface area (Å²) in [5.74, 6) is -3.66. The fourth-order valence-electron chi connectivity index (χ4n) is 2.10. The molecule has 1 aromatic heterocycles. The SMILES string of the molecule is O=C(N[C@H](Cc1ccccc1Cl)[C@@H](O)C(=O)O)c1cc(C(=O)O)[nH]n1. The Bertz CT molecular complexity index is 806. The summed E-state index contributed by atoms with van der Waals surface area (Å²) in [7, 11) is 0. The number of hydrogen-bond acceptors (Lipinski definition) is 5. The van der Waals surface area contributed by atoms with E-state index in [1.54, 1.807) is 24.3 Å². The molecular formula is C15H14ClN3O6. The second-order valence-electron chi connectivity index (χ2n) is 5.13. The minimum Gasteiger partial charge on any atom is -0.479 e. The van der Waals surface area contributed by atoms with Crippen molar-refractivity contribution in [3.8, 4) is 0 Å². The quantitative estimate of drug-likeness (QED) is 0.479. The Labute approximate surface area is 146 Å². The van der Waals surface area contributed by atoms with Crippen LogP contribution in [0.2, 0.25) is 5.02 Å². The van der Waals surface area contributed by atoms with Gasteiger partial charge in [-0.3, -0.25) is 9.89 Å². The fourth-order valence-corrected chi connectivity index (χ4v) is 2.32. The first-order valence-electron chi connectivity index (χ1n) is 7.03. The Morgan fingerprint density at radius 2 is 1.92 bits per heavy atom. The van der Waals surface area contributed by atoms with Crippen molar-refractivity contribution in [1.29, 1.82) is 0 Å². The molecule has 2 aromatic rings. The molecule has 0 fully saturated rings. The summed E-state index contributed by atoms with van der Waals surface area (Å²) in [5.41, 5.74) is -0.0197. The van der Waals surface area contributed by atoms with E-state index in [1.165, 1.54) is 0 Å². The number of rotatable bonds is 7. The van der Waals surface area contributed by atoms with Crippen LogP contribution >= 0.6 is 11.6 Å². The third kappa shape index (κ3) is 4.55. The molecule has 2 atom stereocenters. The van der Waals surface area contributed by atoms with Gasteiger partial charge >= 0.3 is 11.9 Å². The third-order valence-electron chi connectivity index (χ3n) is 3.39. The van der Waals surface area contributed by atoms with Gasteiger partial charge in [0.2, 0.25) is 0 Å². The van der Waals surface area contributed by atoms with E-state index >= 15 is 0 Å². The van der Waals surface area contributed by atoms with Gasteiger partial charge in [-0.05, 0) is 18.1 Å². The van der Waals surface area contributed by atoms with Crippen LogP contribution in [0.15, 0.2) is 30.3 Å². The van der Waals surface area contributed by atoms with E-state index in [2.05, 4.69) is 15.5 Å². The summed E-state index contributed by atoms with van der Waals surface area (Å²) in [4.78, 5) is 34.1. The number of nitrogens with one attached hydrogen (secondary N) is 2. The lowest BCUT2D eigenvalue weighted by molar-refractivity contribution is -0.148. The Balaban J connectivity index is 2.20. The number of nitrogens with zero attached hydrogens (tertiary/aromatic N) is 1. The number of carbonyl (C=O) groups is 3. The van der Waals surface area contributed by atoms with Crippen molar-refractivity contribution in [3.63, 3.8) is 0 Å².